The number of halogens is 4. The van der Waals surface area contributed by atoms with E-state index in [-0.39, 0.29) is 12.1 Å². The highest BCUT2D eigenvalue weighted by Crippen LogP contribution is 2.44. The van der Waals surface area contributed by atoms with Gasteiger partial charge in [-0.15, -0.1) is 0 Å². The van der Waals surface area contributed by atoms with E-state index in [1.807, 2.05) is 38.1 Å². The van der Waals surface area contributed by atoms with Gasteiger partial charge in [0.1, 0.15) is 17.5 Å². The number of carbonyl (C=O) groups is 1. The molecule has 184 valence electrons. The number of hydrogen-bond acceptors (Lipinski definition) is 4. The third-order valence-corrected chi connectivity index (χ3v) is 8.38. The van der Waals surface area contributed by atoms with Crippen LogP contribution in [0.5, 0.6) is 5.75 Å². The lowest BCUT2D eigenvalue weighted by atomic mass is 9.86. The van der Waals surface area contributed by atoms with E-state index in [0.717, 1.165) is 54.4 Å². The molecule has 1 fully saturated rings. The first-order valence-electron chi connectivity index (χ1n) is 11.3. The van der Waals surface area contributed by atoms with Crippen LogP contribution in [0.1, 0.15) is 50.3 Å². The largest absolute Gasteiger partial charge is 0.484 e. The quantitative estimate of drug-likeness (QED) is 0.380. The summed E-state index contributed by atoms with van der Waals surface area (Å²) in [6, 6.07) is 9.44. The Morgan fingerprint density at radius 3 is 2.68 bits per heavy atom. The number of hydrogen-bond donors (Lipinski definition) is 1. The molecule has 34 heavy (non-hydrogen) atoms. The third kappa shape index (κ3) is 5.96. The van der Waals surface area contributed by atoms with Crippen molar-refractivity contribution in [3.63, 3.8) is 0 Å². The molecule has 2 N–H and O–H groups in total. The number of benzene rings is 2. The Morgan fingerprint density at radius 1 is 1.21 bits per heavy atom. The molecule has 1 saturated heterocycles. The van der Waals surface area contributed by atoms with Crippen LogP contribution in [0.25, 0.3) is 0 Å². The normalized spacial score (nSPS) is 22.9. The zero-order valence-electron chi connectivity index (χ0n) is 19.1. The summed E-state index contributed by atoms with van der Waals surface area (Å²) < 4.78 is 12.7. The van der Waals surface area contributed by atoms with Crippen molar-refractivity contribution in [3.8, 4) is 5.75 Å². The maximum absolute atomic E-state index is 11.3. The van der Waals surface area contributed by atoms with Crippen LogP contribution in [0.2, 0.25) is 15.1 Å². The Kier molecular flexibility index (Phi) is 7.95. The van der Waals surface area contributed by atoms with E-state index in [1.54, 1.807) is 6.07 Å². The van der Waals surface area contributed by atoms with Crippen LogP contribution in [-0.4, -0.2) is 35.7 Å². The van der Waals surface area contributed by atoms with Crippen LogP contribution in [-0.2, 0) is 11.2 Å². The Morgan fingerprint density at radius 2 is 1.97 bits per heavy atom. The summed E-state index contributed by atoms with van der Waals surface area (Å²) in [5.74, 6) is 1.06. The van der Waals surface area contributed by atoms with Crippen molar-refractivity contribution in [2.75, 3.05) is 13.1 Å². The number of amides is 1. The molecule has 4 rings (SSSR count). The van der Waals surface area contributed by atoms with Gasteiger partial charge in [-0.1, -0.05) is 34.8 Å². The van der Waals surface area contributed by atoms with E-state index in [0.29, 0.717) is 26.7 Å². The summed E-state index contributed by atoms with van der Waals surface area (Å²) in [6.45, 7) is 5.65. The van der Waals surface area contributed by atoms with Crippen molar-refractivity contribution in [3.05, 3.63) is 61.0 Å². The van der Waals surface area contributed by atoms with Crippen molar-refractivity contribution in [2.45, 2.75) is 57.3 Å². The molecule has 0 unspecified atom stereocenters. The fraction of sp³-hybridized carbons (Fsp3) is 0.480. The minimum atomic E-state index is -0.739. The van der Waals surface area contributed by atoms with Crippen molar-refractivity contribution >= 4 is 56.8 Å². The predicted molar refractivity (Wildman–Crippen MR) is 140 cm³/mol. The fourth-order valence-corrected chi connectivity index (χ4v) is 6.35. The number of rotatable bonds is 6. The van der Waals surface area contributed by atoms with Crippen LogP contribution in [0.3, 0.4) is 0 Å². The topological polar surface area (TPSA) is 64.8 Å². The molecule has 1 aliphatic heterocycles. The van der Waals surface area contributed by atoms with Gasteiger partial charge in [0.15, 0.2) is 0 Å². The second-order valence-corrected chi connectivity index (χ2v) is 11.8. The highest BCUT2D eigenvalue weighted by atomic mass is 79.9. The molecule has 9 heteroatoms. The zero-order chi connectivity index (χ0) is 24.6. The van der Waals surface area contributed by atoms with Gasteiger partial charge in [0.05, 0.1) is 11.1 Å². The van der Waals surface area contributed by atoms with Crippen molar-refractivity contribution < 1.29 is 14.3 Å². The highest BCUT2D eigenvalue weighted by molar-refractivity contribution is 9.10. The van der Waals surface area contributed by atoms with Gasteiger partial charge in [0, 0.05) is 26.6 Å². The number of nitrogens with zero attached hydrogens (tertiary/aromatic N) is 1. The lowest BCUT2D eigenvalue weighted by molar-refractivity contribution is -0.000229. The minimum absolute atomic E-state index is 0.0939. The summed E-state index contributed by atoms with van der Waals surface area (Å²) >= 11 is 22.8. The summed E-state index contributed by atoms with van der Waals surface area (Å²) in [5, 5.41) is 1.84. The van der Waals surface area contributed by atoms with E-state index >= 15 is 0 Å². The molecule has 1 amide bonds. The number of nitrogens with two attached hydrogens (primary N) is 1. The lowest BCUT2D eigenvalue weighted by Crippen LogP contribution is -2.47. The van der Waals surface area contributed by atoms with Gasteiger partial charge in [0.25, 0.3) is 0 Å². The van der Waals surface area contributed by atoms with Crippen LogP contribution in [0, 0.1) is 5.92 Å². The molecular weight excluding hydrogens is 563 g/mol. The molecule has 0 radical (unpaired) electrons. The second kappa shape index (κ2) is 10.4. The lowest BCUT2D eigenvalue weighted by Gasteiger charge is -2.41. The molecule has 1 heterocycles. The SMILES string of the molecule is CC(C)(C[C@H]1CCCN([C@H]2Cc3c(Cl)cc(Cl)cc3[C@@H]2Oc2ccc(Br)c(Cl)c2)C1)OC(N)=O. The molecule has 2 aliphatic rings. The third-order valence-electron chi connectivity index (χ3n) is 6.59. The van der Waals surface area contributed by atoms with Crippen LogP contribution in [0.15, 0.2) is 34.8 Å². The number of likely N-dealkylation sites (tertiary alicyclic amines) is 1. The number of fused-ring (bicyclic) bond motifs is 1. The maximum atomic E-state index is 11.3. The first kappa shape index (κ1) is 25.9. The molecular formula is C25H28BrCl3N2O3. The van der Waals surface area contributed by atoms with Gasteiger partial charge in [-0.05, 0) is 104 Å². The highest BCUT2D eigenvalue weighted by Gasteiger charge is 2.42. The van der Waals surface area contributed by atoms with Crippen LogP contribution < -0.4 is 10.5 Å². The minimum Gasteiger partial charge on any atom is -0.484 e. The Balaban J connectivity index is 1.59. The van der Waals surface area contributed by atoms with Crippen LogP contribution >= 0.6 is 50.7 Å². The van der Waals surface area contributed by atoms with Gasteiger partial charge >= 0.3 is 6.09 Å². The van der Waals surface area contributed by atoms with Crippen LogP contribution in [0.4, 0.5) is 4.79 Å². The second-order valence-electron chi connectivity index (χ2n) is 9.73. The molecule has 2 aromatic rings. The summed E-state index contributed by atoms with van der Waals surface area (Å²) in [6.07, 6.45) is 2.66. The smallest absolute Gasteiger partial charge is 0.405 e. The molecule has 3 atom stereocenters. The van der Waals surface area contributed by atoms with Crippen molar-refractivity contribution in [1.82, 2.24) is 4.90 Å². The first-order chi connectivity index (χ1) is 16.0. The standard InChI is InChI=1S/C25H28BrCl3N2O3/c1-25(2,34-24(30)32)12-14-4-3-7-31(13-14)22-11-17-18(8-15(27)9-20(17)28)23(22)33-16-5-6-19(26)21(29)10-16/h5-6,8-10,14,22-23H,3-4,7,11-13H2,1-2H3,(H2,30,32)/t14-,22+,23+/m1/s1. The molecule has 0 aromatic heterocycles. The fourth-order valence-electron chi connectivity index (χ4n) is 5.35. The Hall–Kier alpha value is -1.18. The molecule has 0 spiro atoms. The van der Waals surface area contributed by atoms with Crippen molar-refractivity contribution in [1.29, 1.82) is 0 Å². The summed E-state index contributed by atoms with van der Waals surface area (Å²) in [5.41, 5.74) is 6.75. The predicted octanol–water partition coefficient (Wildman–Crippen LogP) is 7.43. The van der Waals surface area contributed by atoms with E-state index in [9.17, 15) is 4.79 Å². The number of ether oxygens (including phenoxy) is 2. The van der Waals surface area contributed by atoms with Gasteiger partial charge in [-0.25, -0.2) is 4.79 Å². The molecule has 5 nitrogen and oxygen atoms in total. The zero-order valence-corrected chi connectivity index (χ0v) is 23.0. The van der Waals surface area contributed by atoms with E-state index in [2.05, 4.69) is 20.8 Å². The Labute approximate surface area is 223 Å². The monoisotopic (exact) mass is 588 g/mol. The number of carbonyl (C=O) groups excluding carboxylic acids is 1. The first-order valence-corrected chi connectivity index (χ1v) is 13.3. The molecule has 2 aromatic carbocycles. The number of piperidine rings is 1. The molecule has 0 saturated carbocycles. The van der Waals surface area contributed by atoms with Gasteiger partial charge in [0.2, 0.25) is 0 Å². The van der Waals surface area contributed by atoms with E-state index in [1.165, 1.54) is 0 Å². The number of primary amides is 1. The van der Waals surface area contributed by atoms with Gasteiger partial charge in [-0.3, -0.25) is 4.90 Å². The molecule has 1 aliphatic carbocycles. The average molecular weight is 591 g/mol. The van der Waals surface area contributed by atoms with Gasteiger partial charge < -0.3 is 15.2 Å². The summed E-state index contributed by atoms with van der Waals surface area (Å²) in [7, 11) is 0. The molecule has 0 bridgehead atoms. The van der Waals surface area contributed by atoms with Crippen molar-refractivity contribution in [2.24, 2.45) is 11.7 Å². The maximum Gasteiger partial charge on any atom is 0.405 e. The Bertz CT molecular complexity index is 1080. The van der Waals surface area contributed by atoms with E-state index < -0.39 is 11.7 Å². The average Bonchev–Trinajstić information content (AvgIpc) is 3.08. The van der Waals surface area contributed by atoms with Gasteiger partial charge in [-0.2, -0.15) is 0 Å². The summed E-state index contributed by atoms with van der Waals surface area (Å²) in [4.78, 5) is 13.8. The van der Waals surface area contributed by atoms with E-state index in [4.69, 9.17) is 50.0 Å².